The minimum absolute atomic E-state index is 0.00608. The highest BCUT2D eigenvalue weighted by molar-refractivity contribution is 7.10. The maximum Gasteiger partial charge on any atom is 0.318 e. The van der Waals surface area contributed by atoms with E-state index in [1.165, 1.54) is 48.6 Å². The van der Waals surface area contributed by atoms with Crippen molar-refractivity contribution in [2.24, 2.45) is 0 Å². The number of alkyl halides is 1. The van der Waals surface area contributed by atoms with Gasteiger partial charge in [0.15, 0.2) is 11.6 Å². The number of rotatable bonds is 5. The van der Waals surface area contributed by atoms with Crippen molar-refractivity contribution in [3.05, 3.63) is 64.4 Å². The Labute approximate surface area is 283 Å². The predicted molar refractivity (Wildman–Crippen MR) is 180 cm³/mol. The molecule has 1 N–H and O–H groups in total. The quantitative estimate of drug-likeness (QED) is 0.238. The van der Waals surface area contributed by atoms with E-state index in [4.69, 9.17) is 4.74 Å². The Morgan fingerprint density at radius 3 is 2.76 bits per heavy atom. The van der Waals surface area contributed by atoms with E-state index < -0.39 is 23.7 Å². The summed E-state index contributed by atoms with van der Waals surface area (Å²) in [4.78, 5) is 38.4. The number of anilines is 1. The summed E-state index contributed by atoms with van der Waals surface area (Å²) in [5.74, 6) is -1.89. The number of carbonyl (C=O) groups is 1. The second kappa shape index (κ2) is 13.8. The summed E-state index contributed by atoms with van der Waals surface area (Å²) in [5.41, 5.74) is 1.55. The lowest BCUT2D eigenvalue weighted by molar-refractivity contribution is -0.128. The van der Waals surface area contributed by atoms with Crippen LogP contribution in [0.5, 0.6) is 6.01 Å². The van der Waals surface area contributed by atoms with E-state index in [9.17, 15) is 18.8 Å². The lowest BCUT2D eigenvalue weighted by atomic mass is 10.0. The molecule has 15 heteroatoms. The number of pyridine rings is 1. The molecule has 2 unspecified atom stereocenters. The Morgan fingerprint density at radius 2 is 2.02 bits per heavy atom. The number of halogens is 3. The molecule has 0 radical (unpaired) electrons. The second-order valence-electron chi connectivity index (χ2n) is 12.0. The van der Waals surface area contributed by atoms with Crippen LogP contribution in [0.15, 0.2) is 48.0 Å². The first kappa shape index (κ1) is 32.5. The summed E-state index contributed by atoms with van der Waals surface area (Å²) < 4.78 is 48.5. The fraction of sp³-hybridized carbons (Fsp3) is 0.353. The number of piperazine rings is 1. The van der Waals surface area contributed by atoms with Crippen LogP contribution in [0.4, 0.5) is 19.0 Å². The Balaban J connectivity index is 0.000000361. The van der Waals surface area contributed by atoms with E-state index >= 15 is 4.39 Å². The molecule has 49 heavy (non-hydrogen) atoms. The molecule has 252 valence electrons. The van der Waals surface area contributed by atoms with Crippen LogP contribution in [0, 0.1) is 17.1 Å². The molecule has 3 fully saturated rings. The minimum Gasteiger partial charge on any atom is -0.467 e. The molecule has 2 atom stereocenters. The summed E-state index contributed by atoms with van der Waals surface area (Å²) in [5, 5.41) is 12.6. The van der Waals surface area contributed by atoms with Gasteiger partial charge in [0.2, 0.25) is 0 Å². The Morgan fingerprint density at radius 1 is 1.18 bits per heavy atom. The predicted octanol–water partition coefficient (Wildman–Crippen LogP) is 5.50. The number of nitrogens with zero attached hydrogens (tertiary/aromatic N) is 8. The van der Waals surface area contributed by atoms with Gasteiger partial charge in [0.1, 0.15) is 28.2 Å². The molecule has 0 saturated carbocycles. The lowest BCUT2D eigenvalue weighted by Crippen LogP contribution is -2.49. The fourth-order valence-electron chi connectivity index (χ4n) is 6.78. The summed E-state index contributed by atoms with van der Waals surface area (Å²) in [6, 6.07) is 7.92. The fourth-order valence-corrected chi connectivity index (χ4v) is 7.34. The molecule has 1 amide bonds. The molecule has 5 aromatic rings. The maximum absolute atomic E-state index is 16.0. The van der Waals surface area contributed by atoms with Crippen molar-refractivity contribution in [2.75, 3.05) is 51.3 Å². The number of ether oxygens (including phenoxy) is 1. The van der Waals surface area contributed by atoms with Gasteiger partial charge in [-0.1, -0.05) is 6.07 Å². The number of fused-ring (bicyclic) bond motifs is 3. The van der Waals surface area contributed by atoms with Crippen molar-refractivity contribution < 1.29 is 22.7 Å². The van der Waals surface area contributed by atoms with Crippen molar-refractivity contribution in [1.82, 2.24) is 34.7 Å². The van der Waals surface area contributed by atoms with Crippen molar-refractivity contribution in [1.29, 1.82) is 5.26 Å². The number of hydrogen-bond donors (Lipinski definition) is 1. The number of benzene rings is 1. The lowest BCUT2D eigenvalue weighted by Gasteiger charge is -2.35. The molecule has 0 aliphatic carbocycles. The van der Waals surface area contributed by atoms with E-state index in [1.54, 1.807) is 29.8 Å². The number of methoxy groups -OCH3 is 1. The average Bonchev–Trinajstić information content (AvgIpc) is 3.94. The van der Waals surface area contributed by atoms with E-state index in [2.05, 4.69) is 35.9 Å². The molecule has 7 heterocycles. The van der Waals surface area contributed by atoms with Crippen LogP contribution in [0.2, 0.25) is 0 Å². The van der Waals surface area contributed by atoms with Gasteiger partial charge in [-0.05, 0) is 37.9 Å². The highest BCUT2D eigenvalue weighted by atomic mass is 32.1. The highest BCUT2D eigenvalue weighted by Crippen LogP contribution is 2.36. The normalized spacial score (nSPS) is 19.5. The number of hydrogen-bond acceptors (Lipinski definition) is 10. The largest absolute Gasteiger partial charge is 0.467 e. The molecule has 3 saturated heterocycles. The molecule has 0 bridgehead atoms. The van der Waals surface area contributed by atoms with Gasteiger partial charge in [-0.3, -0.25) is 14.7 Å². The van der Waals surface area contributed by atoms with Gasteiger partial charge in [-0.2, -0.15) is 15.2 Å². The Bertz CT molecular complexity index is 2060. The van der Waals surface area contributed by atoms with Gasteiger partial charge in [-0.15, -0.1) is 11.3 Å². The van der Waals surface area contributed by atoms with Crippen LogP contribution >= 0.6 is 11.3 Å². The van der Waals surface area contributed by atoms with E-state index in [1.807, 2.05) is 4.90 Å². The van der Waals surface area contributed by atoms with E-state index in [0.29, 0.717) is 63.9 Å². The third-order valence-corrected chi connectivity index (χ3v) is 9.86. The van der Waals surface area contributed by atoms with Gasteiger partial charge < -0.3 is 19.5 Å². The zero-order chi connectivity index (χ0) is 34.1. The van der Waals surface area contributed by atoms with E-state index in [0.717, 1.165) is 19.0 Å². The van der Waals surface area contributed by atoms with Crippen molar-refractivity contribution >= 4 is 50.9 Å². The smallest absolute Gasteiger partial charge is 0.318 e. The minimum atomic E-state index is -0.881. The standard InChI is InChI=1S/C27H20F2N8O2S.C7H12FN/c1-39-27-34-24-17(14-33-23(22(24)29)16-13-32-19-4-2-3-15(12-30)21(16)19)25(35-27)36-6-8-37(9-7-36)26(38)18(28)11-20-31-5-10-40-20;8-6-4-7-2-1-3-9(7)5-6/h2-5,10-11,13-14,32H,6-9H2,1H3;6-7H,1-5H2/b18-11-;. The molecule has 1 aromatic carbocycles. The number of nitriles is 1. The Hall–Kier alpha value is -5.07. The zero-order valence-corrected chi connectivity index (χ0v) is 27.4. The number of thiazole rings is 1. The second-order valence-corrected chi connectivity index (χ2v) is 13.0. The highest BCUT2D eigenvalue weighted by Gasteiger charge is 2.35. The number of aromatic nitrogens is 5. The number of carbonyl (C=O) groups excluding carboxylic acids is 1. The molecule has 11 nitrogen and oxygen atoms in total. The average molecular weight is 688 g/mol. The first-order valence-electron chi connectivity index (χ1n) is 15.9. The number of H-pyrrole nitrogens is 1. The Kier molecular flexibility index (Phi) is 9.15. The monoisotopic (exact) mass is 687 g/mol. The third-order valence-electron chi connectivity index (χ3n) is 9.14. The molecular formula is C34H32F3N9O2S. The first-order valence-corrected chi connectivity index (χ1v) is 16.8. The van der Waals surface area contributed by atoms with Crippen LogP contribution < -0.4 is 9.64 Å². The van der Waals surface area contributed by atoms with Crippen LogP contribution in [0.3, 0.4) is 0 Å². The SMILES string of the molecule is COc1nc(N2CCN(C(=O)/C(F)=C/c3nccs3)CC2)c2cnc(-c3c[nH]c4cccc(C#N)c34)c(F)c2n1.FC1CC2CCCN2C1. The van der Waals surface area contributed by atoms with Crippen LogP contribution in [0.25, 0.3) is 39.1 Å². The van der Waals surface area contributed by atoms with Gasteiger partial charge in [-0.25, -0.2) is 18.2 Å². The van der Waals surface area contributed by atoms with Crippen LogP contribution in [-0.2, 0) is 4.79 Å². The molecule has 3 aliphatic heterocycles. The molecular weight excluding hydrogens is 655 g/mol. The summed E-state index contributed by atoms with van der Waals surface area (Å²) in [6.07, 6.45) is 8.58. The van der Waals surface area contributed by atoms with Gasteiger partial charge in [0.25, 0.3) is 5.91 Å². The zero-order valence-electron chi connectivity index (χ0n) is 26.6. The molecule has 3 aliphatic rings. The third kappa shape index (κ3) is 6.41. The topological polar surface area (TPSA) is 127 Å². The van der Waals surface area contributed by atoms with Crippen LogP contribution in [0.1, 0.15) is 29.8 Å². The number of nitrogens with one attached hydrogen (secondary N) is 1. The van der Waals surface area contributed by atoms with Crippen molar-refractivity contribution in [3.63, 3.8) is 0 Å². The number of aromatic amines is 1. The molecule has 0 spiro atoms. The molecule has 8 rings (SSSR count). The van der Waals surface area contributed by atoms with Crippen LogP contribution in [-0.4, -0.2) is 99.2 Å². The van der Waals surface area contributed by atoms with Gasteiger partial charge in [0.05, 0.1) is 24.1 Å². The van der Waals surface area contributed by atoms with Gasteiger partial charge >= 0.3 is 6.01 Å². The summed E-state index contributed by atoms with van der Waals surface area (Å²) in [6.45, 7) is 2.96. The maximum atomic E-state index is 16.0. The van der Waals surface area contributed by atoms with Crippen molar-refractivity contribution in [3.8, 4) is 23.3 Å². The summed E-state index contributed by atoms with van der Waals surface area (Å²) in [7, 11) is 1.39. The first-order chi connectivity index (χ1) is 23.8. The summed E-state index contributed by atoms with van der Waals surface area (Å²) >= 11 is 1.24. The molecule has 4 aromatic heterocycles. The van der Waals surface area contributed by atoms with E-state index in [-0.39, 0.29) is 30.3 Å². The van der Waals surface area contributed by atoms with Crippen molar-refractivity contribution in [2.45, 2.75) is 31.5 Å². The van der Waals surface area contributed by atoms with Gasteiger partial charge in [0, 0.05) is 85.3 Å². The number of amides is 1.